The van der Waals surface area contributed by atoms with Crippen LogP contribution in [0.2, 0.25) is 0 Å². The van der Waals surface area contributed by atoms with E-state index in [2.05, 4.69) is 10.6 Å². The van der Waals surface area contributed by atoms with Crippen LogP contribution in [-0.2, 0) is 14.4 Å². The van der Waals surface area contributed by atoms with Crippen molar-refractivity contribution in [2.75, 3.05) is 11.1 Å². The zero-order valence-corrected chi connectivity index (χ0v) is 12.5. The molecule has 122 valence electrons. The minimum atomic E-state index is -1.11. The van der Waals surface area contributed by atoms with Gasteiger partial charge in [-0.25, -0.2) is 4.79 Å². The first-order chi connectivity index (χ1) is 10.9. The summed E-state index contributed by atoms with van der Waals surface area (Å²) in [5.41, 5.74) is 0.287. The van der Waals surface area contributed by atoms with E-state index >= 15 is 0 Å². The van der Waals surface area contributed by atoms with E-state index in [-0.39, 0.29) is 17.9 Å². The summed E-state index contributed by atoms with van der Waals surface area (Å²) in [5, 5.41) is 23.6. The number of nitro groups is 1. The van der Waals surface area contributed by atoms with Crippen LogP contribution in [0.25, 0.3) is 0 Å². The minimum absolute atomic E-state index is 0.0927. The first-order valence-electron chi connectivity index (χ1n) is 6.56. The lowest BCUT2D eigenvalue weighted by molar-refractivity contribution is -0.384. The number of carbonyl (C=O) groups excluding carboxylic acids is 2. The van der Waals surface area contributed by atoms with Gasteiger partial charge in [0.25, 0.3) is 5.69 Å². The van der Waals surface area contributed by atoms with Crippen molar-refractivity contribution in [3.05, 3.63) is 34.4 Å². The monoisotopic (exact) mass is 339 g/mol. The SMILES string of the molecule is O=C(C[C@H]1SC[C@@H](C(=O)O)NC1=O)Nc1ccc([N+](=O)[O-])cc1. The highest BCUT2D eigenvalue weighted by molar-refractivity contribution is 8.00. The number of nitrogens with zero attached hydrogens (tertiary/aromatic N) is 1. The van der Waals surface area contributed by atoms with E-state index in [1.165, 1.54) is 24.3 Å². The number of anilines is 1. The standard InChI is InChI=1S/C13H13N3O6S/c17-11(14-7-1-3-8(4-2-7)16(21)22)5-10-12(18)15-9(6-23-10)13(19)20/h1-4,9-10H,5-6H2,(H,14,17)(H,15,18)(H,19,20)/t9-,10+/m0/s1. The number of carbonyl (C=O) groups is 3. The third-order valence-corrected chi connectivity index (χ3v) is 4.41. The van der Waals surface area contributed by atoms with Gasteiger partial charge in [0.15, 0.2) is 0 Å². The Balaban J connectivity index is 1.88. The van der Waals surface area contributed by atoms with Gasteiger partial charge in [-0.3, -0.25) is 19.7 Å². The number of nitrogens with one attached hydrogen (secondary N) is 2. The van der Waals surface area contributed by atoms with Gasteiger partial charge in [-0.2, -0.15) is 0 Å². The summed E-state index contributed by atoms with van der Waals surface area (Å²) in [6, 6.07) is 4.36. The lowest BCUT2D eigenvalue weighted by atomic mass is 10.2. The number of carboxylic acids is 1. The Hall–Kier alpha value is -2.62. The number of aliphatic carboxylic acids is 1. The molecule has 0 aromatic heterocycles. The Bertz CT molecular complexity index is 648. The number of carboxylic acid groups (broad SMARTS) is 1. The third-order valence-electron chi connectivity index (χ3n) is 3.10. The molecule has 1 fully saturated rings. The summed E-state index contributed by atoms with van der Waals surface area (Å²) in [6.07, 6.45) is -0.111. The van der Waals surface area contributed by atoms with Crippen LogP contribution in [0.15, 0.2) is 24.3 Å². The Morgan fingerprint density at radius 3 is 2.57 bits per heavy atom. The molecular weight excluding hydrogens is 326 g/mol. The number of hydrogen-bond donors (Lipinski definition) is 3. The van der Waals surface area contributed by atoms with Crippen LogP contribution < -0.4 is 10.6 Å². The zero-order chi connectivity index (χ0) is 17.0. The fourth-order valence-corrected chi connectivity index (χ4v) is 3.07. The molecule has 1 saturated heterocycles. The van der Waals surface area contributed by atoms with Crippen LogP contribution in [0.3, 0.4) is 0 Å². The first kappa shape index (κ1) is 16.7. The van der Waals surface area contributed by atoms with Gasteiger partial charge in [-0.1, -0.05) is 0 Å². The lowest BCUT2D eigenvalue weighted by Gasteiger charge is -2.25. The lowest BCUT2D eigenvalue weighted by Crippen LogP contribution is -2.51. The van der Waals surface area contributed by atoms with E-state index in [1.807, 2.05) is 0 Å². The molecule has 0 bridgehead atoms. The van der Waals surface area contributed by atoms with E-state index < -0.39 is 34.0 Å². The topological polar surface area (TPSA) is 139 Å². The highest BCUT2D eigenvalue weighted by atomic mass is 32.2. The molecule has 0 saturated carbocycles. The number of thioether (sulfide) groups is 1. The maximum absolute atomic E-state index is 11.9. The van der Waals surface area contributed by atoms with Crippen LogP contribution in [0, 0.1) is 10.1 Å². The Labute approximate surface area is 134 Å². The molecule has 3 N–H and O–H groups in total. The van der Waals surface area contributed by atoms with Crippen molar-refractivity contribution < 1.29 is 24.4 Å². The predicted octanol–water partition coefficient (Wildman–Crippen LogP) is 0.608. The number of non-ortho nitro benzene ring substituents is 1. The highest BCUT2D eigenvalue weighted by Gasteiger charge is 2.33. The maximum Gasteiger partial charge on any atom is 0.327 e. The van der Waals surface area contributed by atoms with Crippen molar-refractivity contribution >= 4 is 40.9 Å². The van der Waals surface area contributed by atoms with E-state index in [1.54, 1.807) is 0 Å². The molecular formula is C13H13N3O6S. The van der Waals surface area contributed by atoms with Crippen LogP contribution >= 0.6 is 11.8 Å². The molecule has 0 spiro atoms. The average molecular weight is 339 g/mol. The molecule has 1 aromatic rings. The van der Waals surface area contributed by atoms with E-state index in [9.17, 15) is 24.5 Å². The van der Waals surface area contributed by atoms with Crippen molar-refractivity contribution in [3.8, 4) is 0 Å². The van der Waals surface area contributed by atoms with Crippen LogP contribution in [0.5, 0.6) is 0 Å². The molecule has 2 atom stereocenters. The van der Waals surface area contributed by atoms with Crippen LogP contribution in [0.1, 0.15) is 6.42 Å². The summed E-state index contributed by atoms with van der Waals surface area (Å²) in [7, 11) is 0. The fraction of sp³-hybridized carbons (Fsp3) is 0.308. The van der Waals surface area contributed by atoms with Crippen molar-refractivity contribution in [1.82, 2.24) is 5.32 Å². The van der Waals surface area contributed by atoms with Gasteiger partial charge in [0.05, 0.1) is 10.2 Å². The molecule has 10 heteroatoms. The number of rotatable bonds is 5. The second kappa shape index (κ2) is 7.09. The largest absolute Gasteiger partial charge is 0.480 e. The summed E-state index contributed by atoms with van der Waals surface area (Å²) in [6.45, 7) is 0. The Kier molecular flexibility index (Phi) is 5.16. The molecule has 2 amide bonds. The number of amides is 2. The molecule has 1 aromatic carbocycles. The van der Waals surface area contributed by atoms with E-state index in [0.717, 1.165) is 11.8 Å². The molecule has 0 aliphatic carbocycles. The summed E-state index contributed by atoms with van der Waals surface area (Å²) in [5.74, 6) is -1.84. The van der Waals surface area contributed by atoms with Gasteiger partial charge < -0.3 is 15.7 Å². The van der Waals surface area contributed by atoms with E-state index in [4.69, 9.17) is 5.11 Å². The summed E-state index contributed by atoms with van der Waals surface area (Å²) in [4.78, 5) is 44.5. The second-order valence-electron chi connectivity index (χ2n) is 4.78. The van der Waals surface area contributed by atoms with Gasteiger partial charge in [0.2, 0.25) is 11.8 Å². The van der Waals surface area contributed by atoms with Crippen LogP contribution in [0.4, 0.5) is 11.4 Å². The average Bonchev–Trinajstić information content (AvgIpc) is 2.49. The molecule has 1 aliphatic rings. The van der Waals surface area contributed by atoms with Gasteiger partial charge in [-0.15, -0.1) is 11.8 Å². The highest BCUT2D eigenvalue weighted by Crippen LogP contribution is 2.22. The van der Waals surface area contributed by atoms with Crippen molar-refractivity contribution in [3.63, 3.8) is 0 Å². The molecule has 23 heavy (non-hydrogen) atoms. The van der Waals surface area contributed by atoms with Gasteiger partial charge >= 0.3 is 5.97 Å². The maximum atomic E-state index is 11.9. The zero-order valence-electron chi connectivity index (χ0n) is 11.7. The predicted molar refractivity (Wildman–Crippen MR) is 82.2 cm³/mol. The quantitative estimate of drug-likeness (QED) is 0.527. The Morgan fingerprint density at radius 2 is 2.04 bits per heavy atom. The normalized spacial score (nSPS) is 20.4. The van der Waals surface area contributed by atoms with Crippen LogP contribution in [-0.4, -0.2) is 44.9 Å². The Morgan fingerprint density at radius 1 is 1.39 bits per heavy atom. The molecule has 9 nitrogen and oxygen atoms in total. The van der Waals surface area contributed by atoms with Crippen molar-refractivity contribution in [2.24, 2.45) is 0 Å². The van der Waals surface area contributed by atoms with Gasteiger partial charge in [0.1, 0.15) is 6.04 Å². The second-order valence-corrected chi connectivity index (χ2v) is 6.01. The molecule has 0 radical (unpaired) electrons. The number of hydrogen-bond acceptors (Lipinski definition) is 6. The molecule has 1 aliphatic heterocycles. The van der Waals surface area contributed by atoms with Gasteiger partial charge in [0, 0.05) is 30.0 Å². The van der Waals surface area contributed by atoms with E-state index in [0.29, 0.717) is 5.69 Å². The van der Waals surface area contributed by atoms with Gasteiger partial charge in [-0.05, 0) is 12.1 Å². The number of nitro benzene ring substituents is 1. The van der Waals surface area contributed by atoms with Crippen molar-refractivity contribution in [2.45, 2.75) is 17.7 Å². The van der Waals surface area contributed by atoms with Crippen molar-refractivity contribution in [1.29, 1.82) is 0 Å². The molecule has 2 rings (SSSR count). The summed E-state index contributed by atoms with van der Waals surface area (Å²) < 4.78 is 0. The first-order valence-corrected chi connectivity index (χ1v) is 7.61. The summed E-state index contributed by atoms with van der Waals surface area (Å²) >= 11 is 1.11. The molecule has 0 unspecified atom stereocenters. The molecule has 1 heterocycles. The minimum Gasteiger partial charge on any atom is -0.480 e. The smallest absolute Gasteiger partial charge is 0.327 e. The third kappa shape index (κ3) is 4.42. The fourth-order valence-electron chi connectivity index (χ4n) is 1.93. The number of benzene rings is 1.